The summed E-state index contributed by atoms with van der Waals surface area (Å²) in [7, 11) is 1.93. The molecule has 0 atom stereocenters. The molecule has 0 N–H and O–H groups in total. The minimum absolute atomic E-state index is 0.749. The third-order valence-electron chi connectivity index (χ3n) is 2.15. The Morgan fingerprint density at radius 2 is 2.14 bits per heavy atom. The molecule has 0 aliphatic carbocycles. The van der Waals surface area contributed by atoms with Gasteiger partial charge in [0.2, 0.25) is 0 Å². The zero-order chi connectivity index (χ0) is 9.97. The Labute approximate surface area is 81.7 Å². The highest BCUT2D eigenvalue weighted by atomic mass is 16.1. The number of imidazole rings is 1. The molecule has 70 valence electrons. The van der Waals surface area contributed by atoms with E-state index in [1.165, 1.54) is 6.08 Å². The van der Waals surface area contributed by atoms with E-state index >= 15 is 0 Å². The predicted octanol–water partition coefficient (Wildman–Crippen LogP) is 1.79. The molecule has 0 saturated heterocycles. The molecule has 0 aliphatic rings. The van der Waals surface area contributed by atoms with Gasteiger partial charge in [-0.05, 0) is 24.3 Å². The van der Waals surface area contributed by atoms with Gasteiger partial charge in [-0.25, -0.2) is 4.98 Å². The first-order chi connectivity index (χ1) is 6.83. The molecule has 1 aromatic carbocycles. The Kier molecular flexibility index (Phi) is 2.14. The van der Waals surface area contributed by atoms with Crippen LogP contribution < -0.4 is 0 Å². The number of hydrogen-bond donors (Lipinski definition) is 0. The van der Waals surface area contributed by atoms with Crippen LogP contribution in [0.15, 0.2) is 30.3 Å². The largest absolute Gasteiger partial charge is 0.328 e. The number of carbonyl (C=O) groups excluding carboxylic acids is 1. The Hall–Kier alpha value is -1.90. The number of aromatic nitrogens is 2. The van der Waals surface area contributed by atoms with Gasteiger partial charge in [0.05, 0.1) is 11.0 Å². The van der Waals surface area contributed by atoms with Crippen molar-refractivity contribution in [1.82, 2.24) is 9.55 Å². The van der Waals surface area contributed by atoms with Gasteiger partial charge in [0.15, 0.2) is 0 Å². The third kappa shape index (κ3) is 1.33. The molecule has 0 saturated carbocycles. The summed E-state index contributed by atoms with van der Waals surface area (Å²) >= 11 is 0. The number of aldehydes is 1. The zero-order valence-electron chi connectivity index (χ0n) is 7.84. The summed E-state index contributed by atoms with van der Waals surface area (Å²) in [5.41, 5.74) is 2.01. The number of nitrogens with zero attached hydrogens (tertiary/aromatic N) is 2. The van der Waals surface area contributed by atoms with Gasteiger partial charge in [0.25, 0.3) is 0 Å². The second kappa shape index (κ2) is 3.46. The van der Waals surface area contributed by atoms with E-state index in [1.807, 2.05) is 35.9 Å². The van der Waals surface area contributed by atoms with Gasteiger partial charge in [0.1, 0.15) is 12.1 Å². The van der Waals surface area contributed by atoms with Crippen molar-refractivity contribution in [2.45, 2.75) is 0 Å². The fourth-order valence-electron chi connectivity index (χ4n) is 1.44. The van der Waals surface area contributed by atoms with E-state index in [1.54, 1.807) is 6.08 Å². The molecule has 0 spiro atoms. The molecular formula is C11H10N2O. The molecule has 2 rings (SSSR count). The lowest BCUT2D eigenvalue weighted by Crippen LogP contribution is -1.90. The molecule has 3 nitrogen and oxygen atoms in total. The molecule has 0 aliphatic heterocycles. The van der Waals surface area contributed by atoms with Gasteiger partial charge >= 0.3 is 0 Å². The molecule has 0 radical (unpaired) electrons. The first-order valence-electron chi connectivity index (χ1n) is 4.36. The zero-order valence-corrected chi connectivity index (χ0v) is 7.84. The van der Waals surface area contributed by atoms with Crippen molar-refractivity contribution >= 4 is 23.4 Å². The van der Waals surface area contributed by atoms with Crippen LogP contribution in [0.25, 0.3) is 17.1 Å². The first kappa shape index (κ1) is 8.69. The summed E-state index contributed by atoms with van der Waals surface area (Å²) in [6, 6.07) is 7.87. The van der Waals surface area contributed by atoms with Gasteiger partial charge in [-0.1, -0.05) is 12.1 Å². The van der Waals surface area contributed by atoms with E-state index in [4.69, 9.17) is 0 Å². The fraction of sp³-hybridized carbons (Fsp3) is 0.0909. The number of carbonyl (C=O) groups is 1. The van der Waals surface area contributed by atoms with Crippen LogP contribution in [0.5, 0.6) is 0 Å². The van der Waals surface area contributed by atoms with Gasteiger partial charge in [0, 0.05) is 7.05 Å². The van der Waals surface area contributed by atoms with Crippen molar-refractivity contribution in [3.63, 3.8) is 0 Å². The molecular weight excluding hydrogens is 176 g/mol. The Bertz CT molecular complexity index is 497. The second-order valence-corrected chi connectivity index (χ2v) is 3.01. The van der Waals surface area contributed by atoms with Crippen molar-refractivity contribution < 1.29 is 4.79 Å². The van der Waals surface area contributed by atoms with E-state index in [0.717, 1.165) is 23.1 Å². The Morgan fingerprint density at radius 3 is 2.86 bits per heavy atom. The monoisotopic (exact) mass is 186 g/mol. The quantitative estimate of drug-likeness (QED) is 0.529. The van der Waals surface area contributed by atoms with Crippen LogP contribution >= 0.6 is 0 Å². The maximum absolute atomic E-state index is 10.2. The molecule has 0 unspecified atom stereocenters. The summed E-state index contributed by atoms with van der Waals surface area (Å²) < 4.78 is 1.95. The smallest absolute Gasteiger partial charge is 0.142 e. The molecule has 3 heteroatoms. The van der Waals surface area contributed by atoms with Crippen LogP contribution in [0.2, 0.25) is 0 Å². The van der Waals surface area contributed by atoms with Crippen LogP contribution in [-0.2, 0) is 11.8 Å². The highest BCUT2D eigenvalue weighted by Crippen LogP contribution is 2.14. The summed E-state index contributed by atoms with van der Waals surface area (Å²) in [6.45, 7) is 0. The number of aryl methyl sites for hydroxylation is 1. The lowest BCUT2D eigenvalue weighted by atomic mass is 10.3. The molecule has 1 aromatic heterocycles. The Morgan fingerprint density at radius 1 is 1.36 bits per heavy atom. The van der Waals surface area contributed by atoms with Crippen LogP contribution in [-0.4, -0.2) is 15.8 Å². The number of benzene rings is 1. The summed E-state index contributed by atoms with van der Waals surface area (Å²) in [5, 5.41) is 0. The maximum Gasteiger partial charge on any atom is 0.142 e. The van der Waals surface area contributed by atoms with Crippen LogP contribution in [0, 0.1) is 0 Å². The molecule has 0 bridgehead atoms. The topological polar surface area (TPSA) is 34.9 Å². The summed E-state index contributed by atoms with van der Waals surface area (Å²) in [5.74, 6) is 0.790. The van der Waals surface area contributed by atoms with Crippen molar-refractivity contribution in [3.05, 3.63) is 36.2 Å². The average Bonchev–Trinajstić information content (AvgIpc) is 2.54. The molecule has 2 aromatic rings. The van der Waals surface area contributed by atoms with Crippen molar-refractivity contribution in [2.75, 3.05) is 0 Å². The van der Waals surface area contributed by atoms with E-state index < -0.39 is 0 Å². The number of rotatable bonds is 2. The number of allylic oxidation sites excluding steroid dienone is 1. The predicted molar refractivity (Wildman–Crippen MR) is 55.8 cm³/mol. The normalized spacial score (nSPS) is 11.2. The third-order valence-corrected chi connectivity index (χ3v) is 2.15. The van der Waals surface area contributed by atoms with Crippen molar-refractivity contribution in [1.29, 1.82) is 0 Å². The standard InChI is InChI=1S/C11H10N2O/c1-13-10-6-3-2-5-9(10)12-11(13)7-4-8-14/h2-8H,1H3. The lowest BCUT2D eigenvalue weighted by Gasteiger charge is -1.94. The van der Waals surface area contributed by atoms with Crippen LogP contribution in [0.4, 0.5) is 0 Å². The average molecular weight is 186 g/mol. The molecule has 0 fully saturated rings. The SMILES string of the molecule is Cn1c(C=CC=O)nc2ccccc21. The number of hydrogen-bond acceptors (Lipinski definition) is 2. The molecule has 0 amide bonds. The summed E-state index contributed by atoms with van der Waals surface area (Å²) in [4.78, 5) is 14.5. The molecule has 14 heavy (non-hydrogen) atoms. The minimum atomic E-state index is 0.749. The lowest BCUT2D eigenvalue weighted by molar-refractivity contribution is -0.104. The second-order valence-electron chi connectivity index (χ2n) is 3.01. The highest BCUT2D eigenvalue weighted by molar-refractivity contribution is 5.79. The summed E-state index contributed by atoms with van der Waals surface area (Å²) in [6.07, 6.45) is 3.90. The Balaban J connectivity index is 2.62. The van der Waals surface area contributed by atoms with E-state index in [9.17, 15) is 4.79 Å². The minimum Gasteiger partial charge on any atom is -0.328 e. The van der Waals surface area contributed by atoms with Gasteiger partial charge in [-0.15, -0.1) is 0 Å². The van der Waals surface area contributed by atoms with Crippen LogP contribution in [0.1, 0.15) is 5.82 Å². The maximum atomic E-state index is 10.2. The highest BCUT2D eigenvalue weighted by Gasteiger charge is 2.02. The number of fused-ring (bicyclic) bond motifs is 1. The van der Waals surface area contributed by atoms with E-state index in [-0.39, 0.29) is 0 Å². The van der Waals surface area contributed by atoms with Gasteiger partial charge < -0.3 is 4.57 Å². The first-order valence-corrected chi connectivity index (χ1v) is 4.36. The van der Waals surface area contributed by atoms with Crippen molar-refractivity contribution in [3.8, 4) is 0 Å². The van der Waals surface area contributed by atoms with Gasteiger partial charge in [-0.3, -0.25) is 4.79 Å². The number of para-hydroxylation sites is 2. The fourth-order valence-corrected chi connectivity index (χ4v) is 1.44. The van der Waals surface area contributed by atoms with E-state index in [0.29, 0.717) is 0 Å². The van der Waals surface area contributed by atoms with Gasteiger partial charge in [-0.2, -0.15) is 0 Å². The van der Waals surface area contributed by atoms with Crippen LogP contribution in [0.3, 0.4) is 0 Å². The molecule has 1 heterocycles. The van der Waals surface area contributed by atoms with Crippen molar-refractivity contribution in [2.24, 2.45) is 7.05 Å². The van der Waals surface area contributed by atoms with E-state index in [2.05, 4.69) is 4.98 Å².